The fourth-order valence-corrected chi connectivity index (χ4v) is 5.80. The molecule has 2 aliphatic carbocycles. The van der Waals surface area contributed by atoms with E-state index in [1.165, 1.54) is 55.7 Å². The van der Waals surface area contributed by atoms with Crippen molar-refractivity contribution in [3.63, 3.8) is 0 Å². The summed E-state index contributed by atoms with van der Waals surface area (Å²) in [6, 6.07) is 24.6. The Morgan fingerprint density at radius 3 is 2.63 bits per heavy atom. The lowest BCUT2D eigenvalue weighted by atomic mass is 9.85. The summed E-state index contributed by atoms with van der Waals surface area (Å²) >= 11 is 0. The standard InChI is InChI=1S/C33H32N2/c1-22-11-13-32-30(17-22)31-20-28(27-10-6-9-26(19-27)25-7-4-3-5-8-25)12-14-33(31)35(32)29-16-23(2)15-24(18-29)21-34/h3-16,18,20,22,26H,17,19,21,34H2,1-2H3. The Morgan fingerprint density at radius 1 is 0.943 bits per heavy atom. The van der Waals surface area contributed by atoms with E-state index < -0.39 is 0 Å². The van der Waals surface area contributed by atoms with Gasteiger partial charge in [-0.25, -0.2) is 0 Å². The highest BCUT2D eigenvalue weighted by molar-refractivity contribution is 5.93. The second-order valence-corrected chi connectivity index (χ2v) is 10.2. The number of nitrogens with two attached hydrogens (primary N) is 1. The minimum atomic E-state index is 0.426. The maximum atomic E-state index is 6.03. The van der Waals surface area contributed by atoms with Crippen molar-refractivity contribution < 1.29 is 0 Å². The molecule has 1 heterocycles. The van der Waals surface area contributed by atoms with E-state index in [1.54, 1.807) is 0 Å². The van der Waals surface area contributed by atoms with E-state index in [-0.39, 0.29) is 0 Å². The van der Waals surface area contributed by atoms with Gasteiger partial charge in [-0.15, -0.1) is 0 Å². The quantitative estimate of drug-likeness (QED) is 0.335. The van der Waals surface area contributed by atoms with Crippen LogP contribution in [0.4, 0.5) is 0 Å². The number of hydrogen-bond acceptors (Lipinski definition) is 1. The minimum Gasteiger partial charge on any atom is -0.326 e. The van der Waals surface area contributed by atoms with Crippen LogP contribution in [0.1, 0.15) is 52.8 Å². The van der Waals surface area contributed by atoms with E-state index >= 15 is 0 Å². The van der Waals surface area contributed by atoms with Crippen LogP contribution in [0.2, 0.25) is 0 Å². The largest absolute Gasteiger partial charge is 0.326 e. The topological polar surface area (TPSA) is 30.9 Å². The number of nitrogens with zero attached hydrogens (tertiary/aromatic N) is 1. The third-order valence-corrected chi connectivity index (χ3v) is 7.52. The summed E-state index contributed by atoms with van der Waals surface area (Å²) in [5.41, 5.74) is 17.8. The first-order valence-corrected chi connectivity index (χ1v) is 12.7. The average Bonchev–Trinajstić information content (AvgIpc) is 3.21. The zero-order chi connectivity index (χ0) is 23.9. The van der Waals surface area contributed by atoms with Gasteiger partial charge in [-0.2, -0.15) is 0 Å². The number of aryl methyl sites for hydroxylation is 1. The Kier molecular flexibility index (Phi) is 5.54. The lowest BCUT2D eigenvalue weighted by molar-refractivity contribution is 0.717. The third-order valence-electron chi connectivity index (χ3n) is 7.52. The van der Waals surface area contributed by atoms with Gasteiger partial charge in [0.1, 0.15) is 0 Å². The highest BCUT2D eigenvalue weighted by Crippen LogP contribution is 2.39. The fourth-order valence-electron chi connectivity index (χ4n) is 5.80. The van der Waals surface area contributed by atoms with Crippen molar-refractivity contribution in [1.29, 1.82) is 0 Å². The fraction of sp³-hybridized carbons (Fsp3) is 0.212. The van der Waals surface area contributed by atoms with Crippen LogP contribution in [0.25, 0.3) is 28.2 Å². The molecule has 0 fully saturated rings. The average molecular weight is 457 g/mol. The van der Waals surface area contributed by atoms with Crippen LogP contribution in [0.3, 0.4) is 0 Å². The van der Waals surface area contributed by atoms with Crippen LogP contribution in [-0.2, 0) is 13.0 Å². The molecular formula is C33H32N2. The third kappa shape index (κ3) is 3.98. The van der Waals surface area contributed by atoms with E-state index in [0.717, 1.165) is 12.8 Å². The highest BCUT2D eigenvalue weighted by Gasteiger charge is 2.23. The Balaban J connectivity index is 1.47. The van der Waals surface area contributed by atoms with Gasteiger partial charge in [-0.3, -0.25) is 0 Å². The lowest BCUT2D eigenvalue weighted by Crippen LogP contribution is -2.06. The van der Waals surface area contributed by atoms with Gasteiger partial charge in [0.25, 0.3) is 0 Å². The summed E-state index contributed by atoms with van der Waals surface area (Å²) in [5, 5.41) is 1.37. The molecule has 3 aromatic carbocycles. The van der Waals surface area contributed by atoms with E-state index in [0.29, 0.717) is 18.4 Å². The Morgan fingerprint density at radius 2 is 1.80 bits per heavy atom. The van der Waals surface area contributed by atoms with Gasteiger partial charge in [0.2, 0.25) is 0 Å². The highest BCUT2D eigenvalue weighted by atomic mass is 15.0. The molecule has 0 saturated heterocycles. The van der Waals surface area contributed by atoms with Crippen molar-refractivity contribution in [2.75, 3.05) is 0 Å². The molecule has 2 atom stereocenters. The van der Waals surface area contributed by atoms with Crippen LogP contribution < -0.4 is 5.73 Å². The van der Waals surface area contributed by atoms with Crippen molar-refractivity contribution in [3.8, 4) is 5.69 Å². The molecular weight excluding hydrogens is 424 g/mol. The van der Waals surface area contributed by atoms with Crippen LogP contribution >= 0.6 is 0 Å². The summed E-state index contributed by atoms with van der Waals surface area (Å²) in [5.74, 6) is 0.969. The maximum absolute atomic E-state index is 6.03. The summed E-state index contributed by atoms with van der Waals surface area (Å²) < 4.78 is 2.44. The molecule has 35 heavy (non-hydrogen) atoms. The second kappa shape index (κ2) is 8.87. The molecule has 2 unspecified atom stereocenters. The normalized spacial score (nSPS) is 19.1. The van der Waals surface area contributed by atoms with E-state index in [9.17, 15) is 0 Å². The molecule has 0 spiro atoms. The summed E-state index contributed by atoms with van der Waals surface area (Å²) in [6.07, 6.45) is 13.6. The van der Waals surface area contributed by atoms with Crippen molar-refractivity contribution in [2.45, 2.75) is 39.2 Å². The van der Waals surface area contributed by atoms with Gasteiger partial charge in [0.15, 0.2) is 0 Å². The number of fused-ring (bicyclic) bond motifs is 3. The predicted molar refractivity (Wildman–Crippen MR) is 149 cm³/mol. The summed E-state index contributed by atoms with van der Waals surface area (Å²) in [4.78, 5) is 0. The minimum absolute atomic E-state index is 0.426. The molecule has 1 aromatic heterocycles. The van der Waals surface area contributed by atoms with Crippen molar-refractivity contribution >= 4 is 22.6 Å². The summed E-state index contributed by atoms with van der Waals surface area (Å²) in [6.45, 7) is 5.02. The number of rotatable bonds is 4. The molecule has 2 aliphatic rings. The number of aromatic nitrogens is 1. The second-order valence-electron chi connectivity index (χ2n) is 10.2. The molecule has 2 N–H and O–H groups in total. The number of allylic oxidation sites excluding steroid dienone is 5. The van der Waals surface area contributed by atoms with Crippen LogP contribution in [0.5, 0.6) is 0 Å². The predicted octanol–water partition coefficient (Wildman–Crippen LogP) is 7.73. The van der Waals surface area contributed by atoms with Crippen LogP contribution in [-0.4, -0.2) is 4.57 Å². The first-order chi connectivity index (χ1) is 17.1. The van der Waals surface area contributed by atoms with E-state index in [1.807, 2.05) is 0 Å². The number of benzene rings is 3. The molecule has 4 aromatic rings. The molecule has 0 bridgehead atoms. The molecule has 0 aliphatic heterocycles. The van der Waals surface area contributed by atoms with Gasteiger partial charge < -0.3 is 10.3 Å². The molecule has 0 radical (unpaired) electrons. The van der Waals surface area contributed by atoms with Crippen LogP contribution in [0, 0.1) is 12.8 Å². The van der Waals surface area contributed by atoms with Gasteiger partial charge in [-0.1, -0.05) is 73.7 Å². The molecule has 2 heteroatoms. The maximum Gasteiger partial charge on any atom is 0.0538 e. The van der Waals surface area contributed by atoms with Crippen molar-refractivity contribution in [2.24, 2.45) is 11.7 Å². The first kappa shape index (κ1) is 21.9. The SMILES string of the molecule is Cc1cc(CN)cc(-n2c3c(c4cc(C5=CC=CC(c6ccccc6)C5)ccc42)CC(C)C=C3)c1. The Labute approximate surface area is 208 Å². The molecule has 6 rings (SSSR count). The molecule has 2 nitrogen and oxygen atoms in total. The first-order valence-electron chi connectivity index (χ1n) is 12.7. The zero-order valence-corrected chi connectivity index (χ0v) is 20.5. The summed E-state index contributed by atoms with van der Waals surface area (Å²) in [7, 11) is 0. The molecule has 174 valence electrons. The lowest BCUT2D eigenvalue weighted by Gasteiger charge is -2.19. The zero-order valence-electron chi connectivity index (χ0n) is 20.5. The molecule has 0 amide bonds. The van der Waals surface area contributed by atoms with Gasteiger partial charge >= 0.3 is 0 Å². The van der Waals surface area contributed by atoms with E-state index in [2.05, 4.69) is 116 Å². The number of hydrogen-bond donors (Lipinski definition) is 1. The Bertz CT molecular complexity index is 1500. The van der Waals surface area contributed by atoms with Gasteiger partial charge in [0.05, 0.1) is 5.52 Å². The molecule has 0 saturated carbocycles. The van der Waals surface area contributed by atoms with Crippen molar-refractivity contribution in [1.82, 2.24) is 4.57 Å². The van der Waals surface area contributed by atoms with Gasteiger partial charge in [0, 0.05) is 29.2 Å². The van der Waals surface area contributed by atoms with Crippen molar-refractivity contribution in [3.05, 3.63) is 125 Å². The van der Waals surface area contributed by atoms with E-state index in [4.69, 9.17) is 5.73 Å². The van der Waals surface area contributed by atoms with Crippen LogP contribution in [0.15, 0.2) is 91.0 Å². The Hall–Kier alpha value is -3.62. The monoisotopic (exact) mass is 456 g/mol. The smallest absolute Gasteiger partial charge is 0.0538 e. The van der Waals surface area contributed by atoms with Gasteiger partial charge in [-0.05, 0) is 89.4 Å².